The van der Waals surface area contributed by atoms with Gasteiger partial charge in [-0.25, -0.2) is 0 Å². The number of hydrogen-bond donors (Lipinski definition) is 1. The monoisotopic (exact) mass is 361 g/mol. The summed E-state index contributed by atoms with van der Waals surface area (Å²) in [6.07, 6.45) is 8.30. The van der Waals surface area contributed by atoms with Crippen LogP contribution in [0.15, 0.2) is 40.8 Å². The molecule has 0 spiro atoms. The van der Waals surface area contributed by atoms with Gasteiger partial charge in [0.15, 0.2) is 5.76 Å². The second kappa shape index (κ2) is 8.95. The summed E-state index contributed by atoms with van der Waals surface area (Å²) in [5, 5.41) is 3.66. The topological polar surface area (TPSA) is 51.5 Å². The lowest BCUT2D eigenvalue weighted by atomic mass is 9.97. The molecule has 1 N–H and O–H groups in total. The van der Waals surface area contributed by atoms with Crippen LogP contribution in [-0.2, 0) is 6.61 Å². The maximum atomic E-state index is 12.4. The summed E-state index contributed by atoms with van der Waals surface area (Å²) in [5.74, 6) is 1.39. The van der Waals surface area contributed by atoms with Gasteiger partial charge in [-0.05, 0) is 37.1 Å². The molecule has 1 saturated carbocycles. The molecule has 25 heavy (non-hydrogen) atoms. The number of amides is 1. The van der Waals surface area contributed by atoms with Gasteiger partial charge in [0.05, 0.1) is 5.02 Å². The number of ether oxygens (including phenoxy) is 1. The van der Waals surface area contributed by atoms with Crippen LogP contribution in [0.3, 0.4) is 0 Å². The molecule has 0 atom stereocenters. The number of halogens is 1. The molecule has 4 nitrogen and oxygen atoms in total. The Kier molecular flexibility index (Phi) is 6.40. The van der Waals surface area contributed by atoms with Crippen LogP contribution >= 0.6 is 11.6 Å². The van der Waals surface area contributed by atoms with Gasteiger partial charge in [-0.15, -0.1) is 0 Å². The minimum Gasteiger partial charge on any atom is -0.484 e. The van der Waals surface area contributed by atoms with Crippen LogP contribution in [0, 0.1) is 0 Å². The summed E-state index contributed by atoms with van der Waals surface area (Å²) in [6.45, 7) is 0.237. The van der Waals surface area contributed by atoms with Crippen LogP contribution in [0.2, 0.25) is 5.02 Å². The third kappa shape index (κ3) is 5.27. The van der Waals surface area contributed by atoms with E-state index in [0.717, 1.165) is 12.8 Å². The Bertz CT molecular complexity index is 690. The SMILES string of the molecule is O=C(NC1CCCCCCC1)c1ccc(COc2ccccc2Cl)o1. The molecule has 0 aliphatic heterocycles. The molecule has 0 radical (unpaired) electrons. The summed E-state index contributed by atoms with van der Waals surface area (Å²) in [6, 6.07) is 11.0. The normalized spacial score (nSPS) is 16.0. The Balaban J connectivity index is 1.53. The Hall–Kier alpha value is -1.94. The van der Waals surface area contributed by atoms with Gasteiger partial charge in [-0.2, -0.15) is 0 Å². The van der Waals surface area contributed by atoms with Crippen LogP contribution in [-0.4, -0.2) is 11.9 Å². The minimum absolute atomic E-state index is 0.144. The minimum atomic E-state index is -0.144. The molecule has 134 valence electrons. The average Bonchev–Trinajstić information content (AvgIpc) is 3.05. The number of carbonyl (C=O) groups is 1. The Morgan fingerprint density at radius 1 is 1.08 bits per heavy atom. The van der Waals surface area contributed by atoms with Gasteiger partial charge in [0.25, 0.3) is 5.91 Å². The zero-order valence-electron chi connectivity index (χ0n) is 14.3. The highest BCUT2D eigenvalue weighted by Crippen LogP contribution is 2.24. The van der Waals surface area contributed by atoms with Crippen LogP contribution in [0.1, 0.15) is 61.3 Å². The first kappa shape index (κ1) is 17.9. The van der Waals surface area contributed by atoms with Crippen molar-refractivity contribution in [2.45, 2.75) is 57.6 Å². The lowest BCUT2D eigenvalue weighted by Crippen LogP contribution is -2.35. The first-order chi connectivity index (χ1) is 12.2. The Morgan fingerprint density at radius 3 is 2.56 bits per heavy atom. The van der Waals surface area contributed by atoms with Crippen LogP contribution in [0.5, 0.6) is 5.75 Å². The van der Waals surface area contributed by atoms with E-state index >= 15 is 0 Å². The van der Waals surface area contributed by atoms with Crippen molar-refractivity contribution in [3.63, 3.8) is 0 Å². The van der Waals surface area contributed by atoms with E-state index in [0.29, 0.717) is 22.3 Å². The van der Waals surface area contributed by atoms with Crippen molar-refractivity contribution in [2.75, 3.05) is 0 Å². The van der Waals surface area contributed by atoms with E-state index in [1.54, 1.807) is 24.3 Å². The fraction of sp³-hybridized carbons (Fsp3) is 0.450. The summed E-state index contributed by atoms with van der Waals surface area (Å²) in [5.41, 5.74) is 0. The van der Waals surface area contributed by atoms with Gasteiger partial charge < -0.3 is 14.5 Å². The molecular formula is C20H24ClNO3. The molecule has 0 unspecified atom stereocenters. The standard InChI is InChI=1S/C20H24ClNO3/c21-17-10-6-7-11-18(17)24-14-16-12-13-19(25-16)20(23)22-15-8-4-2-1-3-5-9-15/h6-7,10-13,15H,1-5,8-9,14H2,(H,22,23). The number of nitrogens with one attached hydrogen (secondary N) is 1. The summed E-state index contributed by atoms with van der Waals surface area (Å²) in [7, 11) is 0. The first-order valence-corrected chi connectivity index (χ1v) is 9.37. The highest BCUT2D eigenvalue weighted by atomic mass is 35.5. The van der Waals surface area contributed by atoms with Gasteiger partial charge in [0.1, 0.15) is 18.1 Å². The second-order valence-electron chi connectivity index (χ2n) is 6.50. The molecule has 1 aromatic carbocycles. The van der Waals surface area contributed by atoms with Crippen molar-refractivity contribution in [3.8, 4) is 5.75 Å². The molecular weight excluding hydrogens is 338 g/mol. The van der Waals surface area contributed by atoms with E-state index in [9.17, 15) is 4.79 Å². The number of rotatable bonds is 5. The van der Waals surface area contributed by atoms with Crippen molar-refractivity contribution >= 4 is 17.5 Å². The lowest BCUT2D eigenvalue weighted by Gasteiger charge is -2.20. The van der Waals surface area contributed by atoms with Crippen molar-refractivity contribution in [1.82, 2.24) is 5.32 Å². The number of benzene rings is 1. The lowest BCUT2D eigenvalue weighted by molar-refractivity contribution is 0.0898. The quantitative estimate of drug-likeness (QED) is 0.780. The molecule has 2 aromatic rings. The van der Waals surface area contributed by atoms with E-state index in [4.69, 9.17) is 20.8 Å². The predicted molar refractivity (Wildman–Crippen MR) is 98.1 cm³/mol. The molecule has 1 aromatic heterocycles. The molecule has 1 aliphatic carbocycles. The molecule has 0 saturated heterocycles. The van der Waals surface area contributed by atoms with E-state index in [1.165, 1.54) is 32.1 Å². The highest BCUT2D eigenvalue weighted by molar-refractivity contribution is 6.32. The van der Waals surface area contributed by atoms with Crippen LogP contribution < -0.4 is 10.1 Å². The molecule has 1 aliphatic rings. The molecule has 3 rings (SSSR count). The molecule has 1 amide bonds. The third-order valence-corrected chi connectivity index (χ3v) is 4.84. The third-order valence-electron chi connectivity index (χ3n) is 4.53. The van der Waals surface area contributed by atoms with E-state index in [2.05, 4.69) is 5.32 Å². The number of para-hydroxylation sites is 1. The van der Waals surface area contributed by atoms with Crippen LogP contribution in [0.25, 0.3) is 0 Å². The van der Waals surface area contributed by atoms with Gasteiger partial charge in [0, 0.05) is 6.04 Å². The molecule has 5 heteroatoms. The highest BCUT2D eigenvalue weighted by Gasteiger charge is 2.17. The van der Waals surface area contributed by atoms with Gasteiger partial charge in [-0.1, -0.05) is 55.8 Å². The second-order valence-corrected chi connectivity index (χ2v) is 6.91. The summed E-state index contributed by atoms with van der Waals surface area (Å²) >= 11 is 6.06. The van der Waals surface area contributed by atoms with Crippen molar-refractivity contribution in [1.29, 1.82) is 0 Å². The average molecular weight is 362 g/mol. The maximum absolute atomic E-state index is 12.4. The number of furan rings is 1. The fourth-order valence-corrected chi connectivity index (χ4v) is 3.34. The smallest absolute Gasteiger partial charge is 0.287 e. The zero-order valence-corrected chi connectivity index (χ0v) is 15.1. The predicted octanol–water partition coefficient (Wildman–Crippen LogP) is 5.35. The van der Waals surface area contributed by atoms with Gasteiger partial charge in [0.2, 0.25) is 0 Å². The maximum Gasteiger partial charge on any atom is 0.287 e. The van der Waals surface area contributed by atoms with E-state index < -0.39 is 0 Å². The molecule has 1 fully saturated rings. The summed E-state index contributed by atoms with van der Waals surface area (Å²) in [4.78, 5) is 12.4. The Labute approximate surface area is 153 Å². The van der Waals surface area contributed by atoms with E-state index in [-0.39, 0.29) is 18.6 Å². The van der Waals surface area contributed by atoms with Crippen molar-refractivity contribution in [3.05, 3.63) is 52.9 Å². The number of hydrogen-bond acceptors (Lipinski definition) is 3. The first-order valence-electron chi connectivity index (χ1n) is 8.99. The van der Waals surface area contributed by atoms with Crippen LogP contribution in [0.4, 0.5) is 0 Å². The van der Waals surface area contributed by atoms with Crippen molar-refractivity contribution in [2.24, 2.45) is 0 Å². The van der Waals surface area contributed by atoms with Gasteiger partial charge >= 0.3 is 0 Å². The summed E-state index contributed by atoms with van der Waals surface area (Å²) < 4.78 is 11.3. The largest absolute Gasteiger partial charge is 0.484 e. The zero-order chi connectivity index (χ0) is 17.5. The number of carbonyl (C=O) groups excluding carboxylic acids is 1. The molecule has 1 heterocycles. The van der Waals surface area contributed by atoms with Crippen molar-refractivity contribution < 1.29 is 13.9 Å². The van der Waals surface area contributed by atoms with Gasteiger partial charge in [-0.3, -0.25) is 4.79 Å². The molecule has 0 bridgehead atoms. The fourth-order valence-electron chi connectivity index (χ4n) is 3.15. The Morgan fingerprint density at radius 2 is 1.80 bits per heavy atom. The van der Waals surface area contributed by atoms with E-state index in [1.807, 2.05) is 12.1 Å².